The van der Waals surface area contributed by atoms with Crippen LogP contribution in [0.15, 0.2) is 62.8 Å². The number of hydrogen-bond donors (Lipinski definition) is 2. The van der Waals surface area contributed by atoms with Crippen LogP contribution in [0.25, 0.3) is 0 Å². The van der Waals surface area contributed by atoms with Crippen molar-refractivity contribution < 1.29 is 44.7 Å². The third kappa shape index (κ3) is 13.5. The molecule has 3 rings (SSSR count). The number of piperazine rings is 1. The van der Waals surface area contributed by atoms with Gasteiger partial charge in [0.15, 0.2) is 5.17 Å². The fourth-order valence-corrected chi connectivity index (χ4v) is 5.89. The third-order valence-electron chi connectivity index (χ3n) is 6.17. The van der Waals surface area contributed by atoms with E-state index in [1.165, 1.54) is 34.5 Å². The third-order valence-corrected chi connectivity index (χ3v) is 8.79. The number of ether oxygens (including phenoxy) is 1. The Morgan fingerprint density at radius 3 is 2.17 bits per heavy atom. The van der Waals surface area contributed by atoms with E-state index < -0.39 is 40.1 Å². The van der Waals surface area contributed by atoms with Gasteiger partial charge in [0, 0.05) is 62.4 Å². The number of benzene rings is 2. The predicted molar refractivity (Wildman–Crippen MR) is 172 cm³/mol. The molecule has 1 aliphatic heterocycles. The smallest absolute Gasteiger partial charge is 0.406 e. The summed E-state index contributed by atoms with van der Waals surface area (Å²) in [5.74, 6) is -3.29. The summed E-state index contributed by atoms with van der Waals surface area (Å²) in [6.45, 7) is 9.25. The number of nitrogens with two attached hydrogens (primary N) is 1. The van der Waals surface area contributed by atoms with Crippen molar-refractivity contribution >= 4 is 45.8 Å². The Kier molecular flexibility index (Phi) is 16.8. The number of halogens is 5. The van der Waals surface area contributed by atoms with Crippen molar-refractivity contribution in [2.24, 2.45) is 15.1 Å². The van der Waals surface area contributed by atoms with Crippen molar-refractivity contribution in [2.45, 2.75) is 70.8 Å². The highest BCUT2D eigenvalue weighted by molar-refractivity contribution is 8.12. The van der Waals surface area contributed by atoms with Gasteiger partial charge in [0.25, 0.3) is 5.92 Å². The molecule has 1 heterocycles. The Bertz CT molecular complexity index is 1440. The molecule has 2 aromatic rings. The molecule has 3 N–H and O–H groups in total. The molecule has 1 atom stereocenters. The molecule has 0 spiro atoms. The summed E-state index contributed by atoms with van der Waals surface area (Å²) in [5.41, 5.74) is 6.41. The Hall–Kier alpha value is -3.77. The van der Waals surface area contributed by atoms with E-state index in [2.05, 4.69) is 19.4 Å². The van der Waals surface area contributed by atoms with E-state index in [9.17, 15) is 40.0 Å². The summed E-state index contributed by atoms with van der Waals surface area (Å²) in [6.07, 6.45) is -3.01. The van der Waals surface area contributed by atoms with Gasteiger partial charge >= 0.3 is 12.4 Å². The van der Waals surface area contributed by atoms with E-state index in [1.54, 1.807) is 26.0 Å². The minimum absolute atomic E-state index is 0.00821. The molecule has 47 heavy (non-hydrogen) atoms. The standard InChI is InChI=1S/C16H20F3N5O4S2.C11H13F2NO.C2H6/c1-3-21-29-14(20)22-15(25)23-8-9-24(11(2)10-23)30(26,27)13-6-4-12(5-7-13)28-16(17,18)19;1-2-11(12,13)10-5-3-9(4-6-10)7-14-8-15;1-2/h3-7,11H,8-10H2,1-2H3,(H2,20,22,25);3-6,8H,2,7H2,1H3,(H,14,15);1-2H3/b21-3+;;/t11-;;/m0../s1. The average molecular weight is 711 g/mol. The van der Waals surface area contributed by atoms with Gasteiger partial charge in [-0.05, 0) is 43.7 Å². The molecular formula is C29H39F5N6O5S2. The fourth-order valence-electron chi connectivity index (χ4n) is 3.94. The number of hydrogen-bond acceptors (Lipinski definition) is 7. The summed E-state index contributed by atoms with van der Waals surface area (Å²) in [4.78, 5) is 27.1. The molecular weight excluding hydrogens is 671 g/mol. The molecule has 1 fully saturated rings. The van der Waals surface area contributed by atoms with Crippen LogP contribution >= 0.6 is 11.9 Å². The van der Waals surface area contributed by atoms with Crippen molar-refractivity contribution in [2.75, 3.05) is 19.6 Å². The number of carbonyl (C=O) groups is 2. The molecule has 11 nitrogen and oxygen atoms in total. The van der Waals surface area contributed by atoms with Crippen LogP contribution in [0.5, 0.6) is 5.75 Å². The topological polar surface area (TPSA) is 147 Å². The second-order valence-electron chi connectivity index (χ2n) is 9.37. The summed E-state index contributed by atoms with van der Waals surface area (Å²) >= 11 is 0.839. The predicted octanol–water partition coefficient (Wildman–Crippen LogP) is 5.91. The Labute approximate surface area is 275 Å². The van der Waals surface area contributed by atoms with Gasteiger partial charge in [-0.1, -0.05) is 45.0 Å². The molecule has 0 aromatic heterocycles. The maximum Gasteiger partial charge on any atom is 0.573 e. The van der Waals surface area contributed by atoms with E-state index in [0.29, 0.717) is 13.0 Å². The number of amidine groups is 1. The van der Waals surface area contributed by atoms with Crippen molar-refractivity contribution in [3.63, 3.8) is 0 Å². The zero-order valence-electron chi connectivity index (χ0n) is 26.5. The molecule has 0 unspecified atom stereocenters. The monoisotopic (exact) mass is 710 g/mol. The van der Waals surface area contributed by atoms with Crippen LogP contribution in [0.3, 0.4) is 0 Å². The number of carbonyl (C=O) groups excluding carboxylic acids is 2. The summed E-state index contributed by atoms with van der Waals surface area (Å²) in [6, 6.07) is 8.72. The number of urea groups is 1. The van der Waals surface area contributed by atoms with Gasteiger partial charge in [-0.3, -0.25) is 4.79 Å². The van der Waals surface area contributed by atoms with Crippen molar-refractivity contribution in [1.29, 1.82) is 0 Å². The first-order valence-corrected chi connectivity index (χ1v) is 16.5. The molecule has 0 saturated carbocycles. The Balaban J connectivity index is 0.000000544. The number of nitrogens with zero attached hydrogens (tertiary/aromatic N) is 4. The zero-order chi connectivity index (χ0) is 35.8. The largest absolute Gasteiger partial charge is 0.573 e. The molecule has 0 bridgehead atoms. The Morgan fingerprint density at radius 1 is 1.09 bits per heavy atom. The number of rotatable bonds is 9. The van der Waals surface area contributed by atoms with Crippen molar-refractivity contribution in [3.05, 3.63) is 59.7 Å². The van der Waals surface area contributed by atoms with Crippen LogP contribution in [-0.4, -0.2) is 73.5 Å². The average Bonchev–Trinajstić information content (AvgIpc) is 3.03. The van der Waals surface area contributed by atoms with Gasteiger partial charge in [0.2, 0.25) is 16.4 Å². The molecule has 1 saturated heterocycles. The maximum atomic E-state index is 13.2. The summed E-state index contributed by atoms with van der Waals surface area (Å²) < 4.78 is 97.6. The maximum absolute atomic E-state index is 13.2. The lowest BCUT2D eigenvalue weighted by molar-refractivity contribution is -0.274. The van der Waals surface area contributed by atoms with Crippen LogP contribution < -0.4 is 15.8 Å². The molecule has 0 aliphatic carbocycles. The van der Waals surface area contributed by atoms with E-state index in [1.807, 2.05) is 13.8 Å². The van der Waals surface area contributed by atoms with Gasteiger partial charge in [0.1, 0.15) is 5.75 Å². The van der Waals surface area contributed by atoms with Crippen LogP contribution in [-0.2, 0) is 27.3 Å². The lowest BCUT2D eigenvalue weighted by Gasteiger charge is -2.38. The number of amides is 3. The van der Waals surface area contributed by atoms with Crippen LogP contribution in [0.4, 0.5) is 26.7 Å². The second kappa shape index (κ2) is 19.1. The first kappa shape index (κ1) is 41.3. The highest BCUT2D eigenvalue weighted by atomic mass is 32.2. The highest BCUT2D eigenvalue weighted by Crippen LogP contribution is 2.31. The molecule has 262 valence electrons. The lowest BCUT2D eigenvalue weighted by Crippen LogP contribution is -2.54. The van der Waals surface area contributed by atoms with Crippen molar-refractivity contribution in [3.8, 4) is 5.75 Å². The van der Waals surface area contributed by atoms with Gasteiger partial charge in [0.05, 0.1) is 4.90 Å². The minimum Gasteiger partial charge on any atom is -0.406 e. The van der Waals surface area contributed by atoms with E-state index in [-0.39, 0.29) is 41.7 Å². The van der Waals surface area contributed by atoms with Gasteiger partial charge in [-0.25, -0.2) is 26.4 Å². The first-order valence-electron chi connectivity index (χ1n) is 14.3. The van der Waals surface area contributed by atoms with Crippen LogP contribution in [0.2, 0.25) is 0 Å². The number of nitrogens with one attached hydrogen (secondary N) is 1. The number of aliphatic imine (C=N–C) groups is 1. The second-order valence-corrected chi connectivity index (χ2v) is 12.1. The summed E-state index contributed by atoms with van der Waals surface area (Å²) in [7, 11) is -3.98. The van der Waals surface area contributed by atoms with E-state index >= 15 is 0 Å². The van der Waals surface area contributed by atoms with Crippen molar-refractivity contribution in [1.82, 2.24) is 14.5 Å². The van der Waals surface area contributed by atoms with E-state index in [0.717, 1.165) is 41.8 Å². The lowest BCUT2D eigenvalue weighted by atomic mass is 10.0. The highest BCUT2D eigenvalue weighted by Gasteiger charge is 2.36. The normalized spacial score (nSPS) is 16.0. The molecule has 18 heteroatoms. The SMILES string of the molecule is C/C=N/S/C(N)=N\C(=O)N1CCN(S(=O)(=O)c2ccc(OC(F)(F)F)cc2)[C@@H](C)C1.CC.CCC(F)(F)c1ccc(CNC=O)cc1. The summed E-state index contributed by atoms with van der Waals surface area (Å²) in [5, 5.41) is 2.43. The molecule has 1 aliphatic rings. The van der Waals surface area contributed by atoms with Gasteiger partial charge < -0.3 is 20.7 Å². The van der Waals surface area contributed by atoms with Crippen LogP contribution in [0, 0.1) is 0 Å². The minimum atomic E-state index is -4.87. The molecule has 3 amide bonds. The first-order chi connectivity index (χ1) is 22.0. The number of alkyl halides is 5. The van der Waals surface area contributed by atoms with Crippen LogP contribution in [0.1, 0.15) is 52.2 Å². The molecule has 0 radical (unpaired) electrons. The molecule has 2 aromatic carbocycles. The van der Waals surface area contributed by atoms with Gasteiger partial charge in [-0.2, -0.15) is 9.30 Å². The quantitative estimate of drug-likeness (QED) is 0.108. The number of sulfonamides is 1. The van der Waals surface area contributed by atoms with E-state index in [4.69, 9.17) is 5.73 Å². The fraction of sp³-hybridized carbons (Fsp3) is 0.448. The Morgan fingerprint density at radius 2 is 1.68 bits per heavy atom. The zero-order valence-corrected chi connectivity index (χ0v) is 28.1. The van der Waals surface area contributed by atoms with Gasteiger partial charge in [-0.15, -0.1) is 13.2 Å².